The van der Waals surface area contributed by atoms with Crippen molar-refractivity contribution in [3.63, 3.8) is 0 Å². The lowest BCUT2D eigenvalue weighted by molar-refractivity contribution is 0.299. The number of halogens is 1. The largest absolute Gasteiger partial charge is 0.493 e. The number of ether oxygens (including phenoxy) is 1. The van der Waals surface area contributed by atoms with Crippen LogP contribution in [0.25, 0.3) is 0 Å². The Kier molecular flexibility index (Phi) is 2.66. The third kappa shape index (κ3) is 1.60. The molecule has 0 bridgehead atoms. The van der Waals surface area contributed by atoms with Gasteiger partial charge in [-0.2, -0.15) is 0 Å². The van der Waals surface area contributed by atoms with Crippen molar-refractivity contribution in [2.75, 3.05) is 13.2 Å². The van der Waals surface area contributed by atoms with Gasteiger partial charge in [-0.05, 0) is 24.6 Å². The zero-order valence-corrected chi connectivity index (χ0v) is 8.92. The molecule has 1 aromatic rings. The summed E-state index contributed by atoms with van der Waals surface area (Å²) in [6, 6.07) is 5.83. The highest BCUT2D eigenvalue weighted by molar-refractivity contribution is 6.30. The molecule has 0 fully saturated rings. The fraction of sp³-hybridized carbons (Fsp3) is 0.455. The van der Waals surface area contributed by atoms with E-state index in [1.165, 1.54) is 5.56 Å². The fourth-order valence-corrected chi connectivity index (χ4v) is 2.01. The summed E-state index contributed by atoms with van der Waals surface area (Å²) < 4.78 is 5.57. The van der Waals surface area contributed by atoms with E-state index in [0.717, 1.165) is 17.4 Å². The monoisotopic (exact) mass is 211 g/mol. The molecule has 0 saturated heterocycles. The first kappa shape index (κ1) is 9.81. The lowest BCUT2D eigenvalue weighted by atomic mass is 9.89. The van der Waals surface area contributed by atoms with Crippen LogP contribution in [0.5, 0.6) is 5.75 Å². The Morgan fingerprint density at radius 3 is 3.14 bits per heavy atom. The number of fused-ring (bicyclic) bond motifs is 1. The normalized spacial score (nSPS) is 21.5. The van der Waals surface area contributed by atoms with Gasteiger partial charge in [-0.3, -0.25) is 0 Å². The maximum Gasteiger partial charge on any atom is 0.124 e. The van der Waals surface area contributed by atoms with Gasteiger partial charge in [0.05, 0.1) is 6.61 Å². The summed E-state index contributed by atoms with van der Waals surface area (Å²) in [7, 11) is 0. The van der Waals surface area contributed by atoms with E-state index in [-0.39, 0.29) is 0 Å². The van der Waals surface area contributed by atoms with E-state index < -0.39 is 0 Å². The fourth-order valence-electron chi connectivity index (χ4n) is 1.84. The first-order chi connectivity index (χ1) is 6.72. The van der Waals surface area contributed by atoms with Crippen LogP contribution in [0, 0.1) is 5.92 Å². The molecule has 0 radical (unpaired) electrons. The van der Waals surface area contributed by atoms with Crippen LogP contribution in [-0.2, 0) is 0 Å². The summed E-state index contributed by atoms with van der Waals surface area (Å²) in [4.78, 5) is 0. The Balaban J connectivity index is 2.31. The molecule has 1 aliphatic rings. The van der Waals surface area contributed by atoms with E-state index in [0.29, 0.717) is 18.4 Å². The van der Waals surface area contributed by atoms with Gasteiger partial charge in [0.25, 0.3) is 0 Å². The molecular weight excluding hydrogens is 198 g/mol. The molecule has 2 unspecified atom stereocenters. The van der Waals surface area contributed by atoms with Crippen LogP contribution in [0.2, 0.25) is 5.02 Å². The number of benzene rings is 1. The first-order valence-corrected chi connectivity index (χ1v) is 5.22. The standard InChI is InChI=1S/C11H14ClNO/c1-7(5-13)10-6-14-11-4-8(12)2-3-9(10)11/h2-4,7,10H,5-6,13H2,1H3. The maximum atomic E-state index is 5.88. The van der Waals surface area contributed by atoms with Crippen molar-refractivity contribution in [2.24, 2.45) is 11.7 Å². The molecule has 0 aliphatic carbocycles. The van der Waals surface area contributed by atoms with Crippen molar-refractivity contribution in [3.8, 4) is 5.75 Å². The molecule has 2 atom stereocenters. The maximum absolute atomic E-state index is 5.88. The number of hydrogen-bond donors (Lipinski definition) is 1. The molecule has 0 aromatic heterocycles. The topological polar surface area (TPSA) is 35.2 Å². The summed E-state index contributed by atoms with van der Waals surface area (Å²) in [6.45, 7) is 3.57. The number of nitrogens with two attached hydrogens (primary N) is 1. The van der Waals surface area contributed by atoms with Gasteiger partial charge in [0.1, 0.15) is 5.75 Å². The Bertz CT molecular complexity index is 340. The van der Waals surface area contributed by atoms with Crippen LogP contribution >= 0.6 is 11.6 Å². The van der Waals surface area contributed by atoms with Gasteiger partial charge >= 0.3 is 0 Å². The second kappa shape index (κ2) is 3.79. The van der Waals surface area contributed by atoms with Crippen LogP contribution in [0.15, 0.2) is 18.2 Å². The van der Waals surface area contributed by atoms with Gasteiger partial charge in [0, 0.05) is 16.5 Å². The number of rotatable bonds is 2. The van der Waals surface area contributed by atoms with E-state index in [4.69, 9.17) is 22.1 Å². The molecule has 1 heterocycles. The Labute approximate surface area is 89.0 Å². The van der Waals surface area contributed by atoms with Gasteiger partial charge < -0.3 is 10.5 Å². The smallest absolute Gasteiger partial charge is 0.124 e. The highest BCUT2D eigenvalue weighted by Gasteiger charge is 2.28. The highest BCUT2D eigenvalue weighted by atomic mass is 35.5. The third-order valence-electron chi connectivity index (χ3n) is 2.85. The molecule has 1 aromatic carbocycles. The van der Waals surface area contributed by atoms with Crippen LogP contribution in [0.3, 0.4) is 0 Å². The van der Waals surface area contributed by atoms with Gasteiger partial charge in [0.15, 0.2) is 0 Å². The lowest BCUT2D eigenvalue weighted by Gasteiger charge is -2.15. The first-order valence-electron chi connectivity index (χ1n) is 4.84. The Morgan fingerprint density at radius 1 is 1.64 bits per heavy atom. The average Bonchev–Trinajstić information content (AvgIpc) is 2.59. The van der Waals surface area contributed by atoms with Gasteiger partial charge in [0.2, 0.25) is 0 Å². The summed E-state index contributed by atoms with van der Waals surface area (Å²) in [6.07, 6.45) is 0. The Hall–Kier alpha value is -0.730. The minimum absolute atomic E-state index is 0.423. The van der Waals surface area contributed by atoms with Crippen LogP contribution in [0.1, 0.15) is 18.4 Å². The SMILES string of the molecule is CC(CN)C1COc2cc(Cl)ccc21. The molecule has 3 heteroatoms. The van der Waals surface area contributed by atoms with Gasteiger partial charge in [-0.1, -0.05) is 24.6 Å². The summed E-state index contributed by atoms with van der Waals surface area (Å²) in [5, 5.41) is 0.727. The van der Waals surface area contributed by atoms with Gasteiger partial charge in [-0.15, -0.1) is 0 Å². The van der Waals surface area contributed by atoms with Gasteiger partial charge in [-0.25, -0.2) is 0 Å². The second-order valence-electron chi connectivity index (χ2n) is 3.81. The second-order valence-corrected chi connectivity index (χ2v) is 4.25. The zero-order chi connectivity index (χ0) is 10.1. The minimum atomic E-state index is 0.423. The summed E-state index contributed by atoms with van der Waals surface area (Å²) in [5.74, 6) is 1.80. The minimum Gasteiger partial charge on any atom is -0.493 e. The Morgan fingerprint density at radius 2 is 2.43 bits per heavy atom. The van der Waals surface area contributed by atoms with Crippen LogP contribution in [-0.4, -0.2) is 13.2 Å². The van der Waals surface area contributed by atoms with E-state index in [9.17, 15) is 0 Å². The predicted molar refractivity (Wildman–Crippen MR) is 57.9 cm³/mol. The third-order valence-corrected chi connectivity index (χ3v) is 3.09. The summed E-state index contributed by atoms with van der Waals surface area (Å²) >= 11 is 5.88. The average molecular weight is 212 g/mol. The molecule has 1 aliphatic heterocycles. The molecule has 14 heavy (non-hydrogen) atoms. The predicted octanol–water partition coefficient (Wildman–Crippen LogP) is 2.41. The molecule has 76 valence electrons. The lowest BCUT2D eigenvalue weighted by Crippen LogP contribution is -2.20. The molecule has 0 amide bonds. The zero-order valence-electron chi connectivity index (χ0n) is 8.16. The van der Waals surface area contributed by atoms with Crippen LogP contribution in [0.4, 0.5) is 0 Å². The van der Waals surface area contributed by atoms with E-state index in [2.05, 4.69) is 6.92 Å². The quantitative estimate of drug-likeness (QED) is 0.816. The van der Waals surface area contributed by atoms with Crippen molar-refractivity contribution >= 4 is 11.6 Å². The van der Waals surface area contributed by atoms with E-state index >= 15 is 0 Å². The molecule has 0 spiro atoms. The van der Waals surface area contributed by atoms with Crippen molar-refractivity contribution in [2.45, 2.75) is 12.8 Å². The van der Waals surface area contributed by atoms with Crippen molar-refractivity contribution in [3.05, 3.63) is 28.8 Å². The summed E-state index contributed by atoms with van der Waals surface area (Å²) in [5.41, 5.74) is 6.90. The molecule has 2 nitrogen and oxygen atoms in total. The molecule has 2 rings (SSSR count). The molecular formula is C11H14ClNO. The van der Waals surface area contributed by atoms with Crippen molar-refractivity contribution in [1.82, 2.24) is 0 Å². The molecule has 0 saturated carbocycles. The van der Waals surface area contributed by atoms with E-state index in [1.807, 2.05) is 18.2 Å². The molecule has 2 N–H and O–H groups in total. The number of hydrogen-bond acceptors (Lipinski definition) is 2. The van der Waals surface area contributed by atoms with Crippen molar-refractivity contribution < 1.29 is 4.74 Å². The van der Waals surface area contributed by atoms with E-state index in [1.54, 1.807) is 0 Å². The van der Waals surface area contributed by atoms with Crippen LogP contribution < -0.4 is 10.5 Å². The highest BCUT2D eigenvalue weighted by Crippen LogP contribution is 2.39. The van der Waals surface area contributed by atoms with Crippen molar-refractivity contribution in [1.29, 1.82) is 0 Å².